The zero-order valence-corrected chi connectivity index (χ0v) is 10.2. The SMILES string of the molecule is COC(=O)C1CCN(c2ccc3c(c2)OCO3)C1. The number of ether oxygens (including phenoxy) is 3. The molecule has 1 atom stereocenters. The van der Waals surface area contributed by atoms with Crippen molar-refractivity contribution in [1.29, 1.82) is 0 Å². The fourth-order valence-corrected chi connectivity index (χ4v) is 2.44. The highest BCUT2D eigenvalue weighted by molar-refractivity contribution is 5.74. The molecular weight excluding hydrogens is 234 g/mol. The lowest BCUT2D eigenvalue weighted by Crippen LogP contribution is -2.23. The van der Waals surface area contributed by atoms with Crippen LogP contribution in [0.2, 0.25) is 0 Å². The molecule has 0 saturated carbocycles. The Morgan fingerprint density at radius 1 is 1.39 bits per heavy atom. The topological polar surface area (TPSA) is 48.0 Å². The number of methoxy groups -OCH3 is 1. The van der Waals surface area contributed by atoms with Crippen molar-refractivity contribution in [2.45, 2.75) is 6.42 Å². The van der Waals surface area contributed by atoms with Gasteiger partial charge in [-0.15, -0.1) is 0 Å². The Labute approximate surface area is 105 Å². The van der Waals surface area contributed by atoms with Gasteiger partial charge in [0.25, 0.3) is 0 Å². The molecule has 1 aromatic rings. The van der Waals surface area contributed by atoms with E-state index in [0.29, 0.717) is 6.54 Å². The molecule has 2 aliphatic heterocycles. The summed E-state index contributed by atoms with van der Waals surface area (Å²) in [5, 5.41) is 0. The third-order valence-electron chi connectivity index (χ3n) is 3.44. The molecule has 0 aromatic heterocycles. The van der Waals surface area contributed by atoms with Gasteiger partial charge in [-0.1, -0.05) is 0 Å². The summed E-state index contributed by atoms with van der Waals surface area (Å²) in [5.74, 6) is 1.40. The Kier molecular flexibility index (Phi) is 2.74. The van der Waals surface area contributed by atoms with Gasteiger partial charge in [0, 0.05) is 24.8 Å². The zero-order chi connectivity index (χ0) is 12.5. The zero-order valence-electron chi connectivity index (χ0n) is 10.2. The van der Waals surface area contributed by atoms with Crippen LogP contribution in [0.1, 0.15) is 6.42 Å². The van der Waals surface area contributed by atoms with Gasteiger partial charge in [0.1, 0.15) is 0 Å². The van der Waals surface area contributed by atoms with Crippen molar-refractivity contribution in [1.82, 2.24) is 0 Å². The molecule has 0 spiro atoms. The Morgan fingerprint density at radius 3 is 3.06 bits per heavy atom. The van der Waals surface area contributed by atoms with Crippen LogP contribution in [-0.4, -0.2) is 33.0 Å². The second kappa shape index (κ2) is 4.40. The molecule has 1 unspecified atom stereocenters. The third kappa shape index (κ3) is 1.85. The van der Waals surface area contributed by atoms with Gasteiger partial charge in [-0.25, -0.2) is 0 Å². The summed E-state index contributed by atoms with van der Waals surface area (Å²) in [4.78, 5) is 13.7. The van der Waals surface area contributed by atoms with Gasteiger partial charge in [-0.05, 0) is 18.6 Å². The first-order valence-corrected chi connectivity index (χ1v) is 6.00. The molecule has 0 radical (unpaired) electrons. The lowest BCUT2D eigenvalue weighted by atomic mass is 10.1. The normalized spacial score (nSPS) is 21.2. The van der Waals surface area contributed by atoms with Crippen LogP contribution in [0.4, 0.5) is 5.69 Å². The van der Waals surface area contributed by atoms with Crippen LogP contribution >= 0.6 is 0 Å². The number of hydrogen-bond acceptors (Lipinski definition) is 5. The van der Waals surface area contributed by atoms with Crippen molar-refractivity contribution in [2.24, 2.45) is 5.92 Å². The highest BCUT2D eigenvalue weighted by Crippen LogP contribution is 2.36. The fourth-order valence-electron chi connectivity index (χ4n) is 2.44. The highest BCUT2D eigenvalue weighted by Gasteiger charge is 2.29. The standard InChI is InChI=1S/C13H15NO4/c1-16-13(15)9-4-5-14(7-9)10-2-3-11-12(6-10)18-8-17-11/h2-3,6,9H,4-5,7-8H2,1H3. The molecule has 1 saturated heterocycles. The Morgan fingerprint density at radius 2 is 2.22 bits per heavy atom. The van der Waals surface area contributed by atoms with Crippen LogP contribution in [-0.2, 0) is 9.53 Å². The van der Waals surface area contributed by atoms with Gasteiger partial charge >= 0.3 is 5.97 Å². The van der Waals surface area contributed by atoms with E-state index in [9.17, 15) is 4.79 Å². The smallest absolute Gasteiger partial charge is 0.310 e. The molecule has 3 rings (SSSR count). The van der Waals surface area contributed by atoms with E-state index in [-0.39, 0.29) is 18.7 Å². The van der Waals surface area contributed by atoms with E-state index in [1.807, 2.05) is 18.2 Å². The van der Waals surface area contributed by atoms with Crippen molar-refractivity contribution < 1.29 is 19.0 Å². The molecule has 5 heteroatoms. The maximum absolute atomic E-state index is 11.5. The van der Waals surface area contributed by atoms with Crippen molar-refractivity contribution in [3.8, 4) is 11.5 Å². The molecule has 2 aliphatic rings. The number of fused-ring (bicyclic) bond motifs is 1. The van der Waals surface area contributed by atoms with E-state index in [2.05, 4.69) is 4.90 Å². The van der Waals surface area contributed by atoms with Crippen molar-refractivity contribution in [2.75, 3.05) is 31.9 Å². The number of nitrogens with zero attached hydrogens (tertiary/aromatic N) is 1. The van der Waals surface area contributed by atoms with Crippen LogP contribution in [0.25, 0.3) is 0 Å². The van der Waals surface area contributed by atoms with Gasteiger partial charge in [0.05, 0.1) is 13.0 Å². The molecule has 96 valence electrons. The molecule has 0 N–H and O–H groups in total. The lowest BCUT2D eigenvalue weighted by Gasteiger charge is -2.18. The summed E-state index contributed by atoms with van der Waals surface area (Å²) in [6.07, 6.45) is 0.834. The summed E-state index contributed by atoms with van der Waals surface area (Å²) in [6.45, 7) is 1.84. The Bertz CT molecular complexity index is 474. The number of anilines is 1. The van der Waals surface area contributed by atoms with E-state index >= 15 is 0 Å². The van der Waals surface area contributed by atoms with Crippen molar-refractivity contribution >= 4 is 11.7 Å². The van der Waals surface area contributed by atoms with Crippen molar-refractivity contribution in [3.63, 3.8) is 0 Å². The van der Waals surface area contributed by atoms with Crippen molar-refractivity contribution in [3.05, 3.63) is 18.2 Å². The minimum Gasteiger partial charge on any atom is -0.469 e. The maximum atomic E-state index is 11.5. The van der Waals surface area contributed by atoms with Crippen LogP contribution < -0.4 is 14.4 Å². The highest BCUT2D eigenvalue weighted by atomic mass is 16.7. The van der Waals surface area contributed by atoms with Gasteiger partial charge in [-0.2, -0.15) is 0 Å². The van der Waals surface area contributed by atoms with Crippen LogP contribution in [0.15, 0.2) is 18.2 Å². The second-order valence-corrected chi connectivity index (χ2v) is 4.49. The summed E-state index contributed by atoms with van der Waals surface area (Å²) >= 11 is 0. The molecule has 18 heavy (non-hydrogen) atoms. The molecule has 0 amide bonds. The second-order valence-electron chi connectivity index (χ2n) is 4.49. The van der Waals surface area contributed by atoms with Crippen LogP contribution in [0.3, 0.4) is 0 Å². The number of esters is 1. The number of benzene rings is 1. The predicted octanol–water partition coefficient (Wildman–Crippen LogP) is 1.41. The predicted molar refractivity (Wildman–Crippen MR) is 64.9 cm³/mol. The Balaban J connectivity index is 1.75. The fraction of sp³-hybridized carbons (Fsp3) is 0.462. The first-order valence-electron chi connectivity index (χ1n) is 6.00. The molecule has 5 nitrogen and oxygen atoms in total. The largest absolute Gasteiger partial charge is 0.469 e. The van der Waals surface area contributed by atoms with E-state index in [1.54, 1.807) is 0 Å². The van der Waals surface area contributed by atoms with Gasteiger partial charge in [-0.3, -0.25) is 4.79 Å². The first kappa shape index (κ1) is 11.2. The summed E-state index contributed by atoms with van der Waals surface area (Å²) in [6, 6.07) is 5.86. The molecule has 2 heterocycles. The third-order valence-corrected chi connectivity index (χ3v) is 3.44. The maximum Gasteiger partial charge on any atom is 0.310 e. The molecule has 0 bridgehead atoms. The van der Waals surface area contributed by atoms with Gasteiger partial charge < -0.3 is 19.1 Å². The Hall–Kier alpha value is -1.91. The van der Waals surface area contributed by atoms with E-state index in [4.69, 9.17) is 14.2 Å². The van der Waals surface area contributed by atoms with E-state index in [1.165, 1.54) is 7.11 Å². The summed E-state index contributed by atoms with van der Waals surface area (Å²) < 4.78 is 15.4. The molecule has 1 aromatic carbocycles. The van der Waals surface area contributed by atoms with E-state index in [0.717, 1.165) is 30.2 Å². The van der Waals surface area contributed by atoms with Gasteiger partial charge in [0.2, 0.25) is 6.79 Å². The number of rotatable bonds is 2. The summed E-state index contributed by atoms with van der Waals surface area (Å²) in [5.41, 5.74) is 1.06. The quantitative estimate of drug-likeness (QED) is 0.742. The van der Waals surface area contributed by atoms with Crippen LogP contribution in [0.5, 0.6) is 11.5 Å². The minimum atomic E-state index is -0.127. The van der Waals surface area contributed by atoms with Gasteiger partial charge in [0.15, 0.2) is 11.5 Å². The number of hydrogen-bond donors (Lipinski definition) is 0. The number of carbonyl (C=O) groups is 1. The molecule has 1 fully saturated rings. The molecular formula is C13H15NO4. The minimum absolute atomic E-state index is 0.0274. The molecule has 0 aliphatic carbocycles. The average molecular weight is 249 g/mol. The average Bonchev–Trinajstić information content (AvgIpc) is 3.05. The first-order chi connectivity index (χ1) is 8.78. The summed E-state index contributed by atoms with van der Waals surface area (Å²) in [7, 11) is 1.44. The monoisotopic (exact) mass is 249 g/mol. The van der Waals surface area contributed by atoms with E-state index < -0.39 is 0 Å². The van der Waals surface area contributed by atoms with Crippen LogP contribution in [0, 0.1) is 5.92 Å². The lowest BCUT2D eigenvalue weighted by molar-refractivity contribution is -0.144. The number of carbonyl (C=O) groups excluding carboxylic acids is 1.